The molecule has 0 bridgehead atoms. The van der Waals surface area contributed by atoms with Gasteiger partial charge < -0.3 is 4.74 Å². The maximum absolute atomic E-state index is 11.2. The summed E-state index contributed by atoms with van der Waals surface area (Å²) in [4.78, 5) is 30.8. The van der Waals surface area contributed by atoms with Crippen molar-refractivity contribution in [2.45, 2.75) is 25.3 Å². The molecule has 0 aromatic heterocycles. The second-order valence-corrected chi connectivity index (χ2v) is 3.01. The van der Waals surface area contributed by atoms with Crippen molar-refractivity contribution in [1.29, 1.82) is 0 Å². The largest absolute Gasteiger partial charge is 0.467 e. The summed E-state index contributed by atoms with van der Waals surface area (Å²) >= 11 is 0. The van der Waals surface area contributed by atoms with Gasteiger partial charge in [0.05, 0.1) is 7.11 Å². The van der Waals surface area contributed by atoms with Gasteiger partial charge in [-0.15, -0.1) is 0 Å². The molecule has 0 aliphatic rings. The SMILES string of the molecule is COC(=O)C(CCCCNN=C=O)NN=C=O. The molecule has 0 spiro atoms. The molecule has 0 aliphatic heterocycles. The van der Waals surface area contributed by atoms with Crippen LogP contribution in [0.25, 0.3) is 0 Å². The Morgan fingerprint density at radius 2 is 2.00 bits per heavy atom. The van der Waals surface area contributed by atoms with Crippen molar-refractivity contribution in [2.24, 2.45) is 10.2 Å². The number of hydrogen-bond acceptors (Lipinski definition) is 8. The number of carbonyl (C=O) groups is 1. The minimum Gasteiger partial charge on any atom is -0.467 e. The Bertz CT molecular complexity index is 321. The van der Waals surface area contributed by atoms with Gasteiger partial charge >= 0.3 is 5.97 Å². The third-order valence-electron chi connectivity index (χ3n) is 1.91. The van der Waals surface area contributed by atoms with E-state index < -0.39 is 12.0 Å². The van der Waals surface area contributed by atoms with Crippen LogP contribution in [0.15, 0.2) is 10.2 Å². The number of nitrogens with zero attached hydrogens (tertiary/aromatic N) is 2. The van der Waals surface area contributed by atoms with Crippen molar-refractivity contribution < 1.29 is 19.1 Å². The Labute approximate surface area is 98.1 Å². The number of ether oxygens (including phenoxy) is 1. The van der Waals surface area contributed by atoms with E-state index in [1.54, 1.807) is 0 Å². The summed E-state index contributed by atoms with van der Waals surface area (Å²) in [6.07, 6.45) is 4.44. The zero-order chi connectivity index (χ0) is 12.9. The van der Waals surface area contributed by atoms with E-state index in [4.69, 9.17) is 0 Å². The fraction of sp³-hybridized carbons (Fsp3) is 0.667. The average molecular weight is 242 g/mol. The quantitative estimate of drug-likeness (QED) is 0.183. The van der Waals surface area contributed by atoms with E-state index in [0.717, 1.165) is 0 Å². The molecule has 94 valence electrons. The van der Waals surface area contributed by atoms with Crippen LogP contribution in [-0.4, -0.2) is 37.8 Å². The van der Waals surface area contributed by atoms with Gasteiger partial charge in [0.2, 0.25) is 0 Å². The van der Waals surface area contributed by atoms with Gasteiger partial charge in [-0.1, -0.05) is 10.2 Å². The van der Waals surface area contributed by atoms with E-state index >= 15 is 0 Å². The molecule has 0 rings (SSSR count). The average Bonchev–Trinajstić information content (AvgIpc) is 2.36. The lowest BCUT2D eigenvalue weighted by Gasteiger charge is -2.12. The highest BCUT2D eigenvalue weighted by atomic mass is 16.5. The summed E-state index contributed by atoms with van der Waals surface area (Å²) in [5, 5.41) is 6.28. The molecule has 8 nitrogen and oxygen atoms in total. The molecule has 8 heteroatoms. The maximum atomic E-state index is 11.2. The molecule has 1 atom stereocenters. The van der Waals surface area contributed by atoms with Crippen LogP contribution in [0.5, 0.6) is 0 Å². The van der Waals surface area contributed by atoms with Crippen LogP contribution >= 0.6 is 0 Å². The molecule has 0 saturated heterocycles. The van der Waals surface area contributed by atoms with Crippen LogP contribution in [0, 0.1) is 0 Å². The first-order valence-electron chi connectivity index (χ1n) is 4.96. The molecular weight excluding hydrogens is 228 g/mol. The highest BCUT2D eigenvalue weighted by Crippen LogP contribution is 2.02. The van der Waals surface area contributed by atoms with Gasteiger partial charge in [-0.3, -0.25) is 10.9 Å². The van der Waals surface area contributed by atoms with E-state index in [1.165, 1.54) is 19.3 Å². The molecule has 0 amide bonds. The van der Waals surface area contributed by atoms with Gasteiger partial charge in [-0.05, 0) is 19.3 Å². The summed E-state index contributed by atoms with van der Waals surface area (Å²) in [5.41, 5.74) is 4.82. The lowest BCUT2D eigenvalue weighted by Crippen LogP contribution is -2.34. The molecule has 0 aliphatic carbocycles. The third kappa shape index (κ3) is 7.72. The predicted octanol–water partition coefficient (Wildman–Crippen LogP) is -0.621. The fourth-order valence-electron chi connectivity index (χ4n) is 1.12. The summed E-state index contributed by atoms with van der Waals surface area (Å²) in [6.45, 7) is 0.500. The van der Waals surface area contributed by atoms with Crippen molar-refractivity contribution >= 4 is 18.1 Å². The van der Waals surface area contributed by atoms with Gasteiger partial charge in [0.15, 0.2) is 0 Å². The zero-order valence-corrected chi connectivity index (χ0v) is 9.43. The summed E-state index contributed by atoms with van der Waals surface area (Å²) in [7, 11) is 1.25. The number of rotatable bonds is 9. The van der Waals surface area contributed by atoms with Crippen LogP contribution in [0.4, 0.5) is 0 Å². The molecule has 0 saturated carbocycles. The first-order chi connectivity index (χ1) is 8.26. The smallest absolute Gasteiger partial charge is 0.329 e. The lowest BCUT2D eigenvalue weighted by atomic mass is 10.1. The summed E-state index contributed by atoms with van der Waals surface area (Å²) < 4.78 is 4.53. The van der Waals surface area contributed by atoms with E-state index in [2.05, 4.69) is 25.8 Å². The van der Waals surface area contributed by atoms with Crippen LogP contribution in [-0.2, 0) is 19.1 Å². The number of methoxy groups -OCH3 is 1. The molecule has 1 unspecified atom stereocenters. The molecule has 0 radical (unpaired) electrons. The van der Waals surface area contributed by atoms with E-state index in [-0.39, 0.29) is 0 Å². The van der Waals surface area contributed by atoms with E-state index in [1.807, 2.05) is 0 Å². The van der Waals surface area contributed by atoms with E-state index in [0.29, 0.717) is 25.8 Å². The third-order valence-corrected chi connectivity index (χ3v) is 1.91. The highest BCUT2D eigenvalue weighted by molar-refractivity contribution is 5.75. The van der Waals surface area contributed by atoms with Crippen molar-refractivity contribution in [3.63, 3.8) is 0 Å². The minimum atomic E-state index is -0.670. The first-order valence-corrected chi connectivity index (χ1v) is 4.96. The molecule has 17 heavy (non-hydrogen) atoms. The summed E-state index contributed by atoms with van der Waals surface area (Å²) in [6, 6.07) is -0.670. The van der Waals surface area contributed by atoms with Crippen LogP contribution in [0.2, 0.25) is 0 Å². The van der Waals surface area contributed by atoms with Gasteiger partial charge in [0.25, 0.3) is 12.2 Å². The molecule has 0 heterocycles. The molecular formula is C9H14N4O4. The van der Waals surface area contributed by atoms with Crippen molar-refractivity contribution in [2.75, 3.05) is 13.7 Å². The second-order valence-electron chi connectivity index (χ2n) is 3.01. The number of nitrogens with one attached hydrogen (secondary N) is 2. The Morgan fingerprint density at radius 1 is 1.29 bits per heavy atom. The Kier molecular flexibility index (Phi) is 9.03. The number of isocyanates is 2. The number of hydrogen-bond donors (Lipinski definition) is 2. The van der Waals surface area contributed by atoms with Gasteiger partial charge in [0.1, 0.15) is 6.04 Å². The monoisotopic (exact) mass is 242 g/mol. The Morgan fingerprint density at radius 3 is 2.59 bits per heavy atom. The first kappa shape index (κ1) is 14.8. The normalized spacial score (nSPS) is 10.4. The number of hydrazone groups is 2. The summed E-state index contributed by atoms with van der Waals surface area (Å²) in [5.74, 6) is -0.497. The molecule has 0 fully saturated rings. The van der Waals surface area contributed by atoms with Gasteiger partial charge in [-0.25, -0.2) is 14.4 Å². The second kappa shape index (κ2) is 10.4. The standard InChI is InChI=1S/C9H14N4O4/c1-17-9(16)8(13-12-7-15)4-2-3-5-10-11-6-14/h8,10,13H,2-5H2,1H3. The molecule has 2 N–H and O–H groups in total. The molecule has 0 aromatic carbocycles. The Hall–Kier alpha value is -2.17. The number of unbranched alkanes of at least 4 members (excludes halogenated alkanes) is 1. The van der Waals surface area contributed by atoms with Crippen LogP contribution in [0.1, 0.15) is 19.3 Å². The van der Waals surface area contributed by atoms with Crippen molar-refractivity contribution in [3.8, 4) is 0 Å². The van der Waals surface area contributed by atoms with Crippen molar-refractivity contribution in [1.82, 2.24) is 10.9 Å². The topological polar surface area (TPSA) is 109 Å². The number of esters is 1. The van der Waals surface area contributed by atoms with Crippen LogP contribution in [0.3, 0.4) is 0 Å². The number of carbonyl (C=O) groups excluding carboxylic acids is 3. The zero-order valence-electron chi connectivity index (χ0n) is 9.43. The minimum absolute atomic E-state index is 0.449. The van der Waals surface area contributed by atoms with Gasteiger partial charge in [-0.2, -0.15) is 0 Å². The maximum Gasteiger partial charge on any atom is 0.329 e. The molecule has 0 aromatic rings. The lowest BCUT2D eigenvalue weighted by molar-refractivity contribution is -0.143. The predicted molar refractivity (Wildman–Crippen MR) is 57.0 cm³/mol. The fourth-order valence-corrected chi connectivity index (χ4v) is 1.12. The highest BCUT2D eigenvalue weighted by Gasteiger charge is 2.17. The Balaban J connectivity index is 3.86. The van der Waals surface area contributed by atoms with Gasteiger partial charge in [0, 0.05) is 6.54 Å². The van der Waals surface area contributed by atoms with E-state index in [9.17, 15) is 14.4 Å². The van der Waals surface area contributed by atoms with Crippen molar-refractivity contribution in [3.05, 3.63) is 0 Å². The van der Waals surface area contributed by atoms with Crippen LogP contribution < -0.4 is 10.9 Å².